The van der Waals surface area contributed by atoms with E-state index in [0.29, 0.717) is 15.6 Å². The summed E-state index contributed by atoms with van der Waals surface area (Å²) in [7, 11) is 0. The highest BCUT2D eigenvalue weighted by Gasteiger charge is 2.23. The van der Waals surface area contributed by atoms with Crippen LogP contribution in [0.2, 0.25) is 10.0 Å². The number of nitrogens with zero attached hydrogens (tertiary/aromatic N) is 1. The van der Waals surface area contributed by atoms with Gasteiger partial charge in [0.05, 0.1) is 11.2 Å². The predicted molar refractivity (Wildman–Crippen MR) is 138 cm³/mol. The van der Waals surface area contributed by atoms with Gasteiger partial charge in [-0.05, 0) is 29.3 Å². The Hall–Kier alpha value is -3.81. The van der Waals surface area contributed by atoms with E-state index < -0.39 is 18.0 Å². The van der Waals surface area contributed by atoms with Crippen molar-refractivity contribution in [2.45, 2.75) is 19.1 Å². The number of aromatic amines is 1. The number of aromatic nitrogens is 1. The fraction of sp³-hybridized carbons (Fsp3) is 0.115. The largest absolute Gasteiger partial charge is 0.445 e. The zero-order chi connectivity index (χ0) is 24.6. The molecule has 2 amide bonds. The number of alkyl carbamates (subject to hydrolysis) is 1. The molecule has 0 spiro atoms. The highest BCUT2D eigenvalue weighted by Crippen LogP contribution is 2.20. The summed E-state index contributed by atoms with van der Waals surface area (Å²) in [5, 5.41) is 8.50. The van der Waals surface area contributed by atoms with Crippen LogP contribution >= 0.6 is 23.2 Å². The Morgan fingerprint density at radius 2 is 1.80 bits per heavy atom. The molecule has 1 heterocycles. The molecule has 35 heavy (non-hydrogen) atoms. The number of rotatable bonds is 8. The number of ether oxygens (including phenoxy) is 1. The van der Waals surface area contributed by atoms with Gasteiger partial charge >= 0.3 is 6.09 Å². The molecule has 0 fully saturated rings. The number of fused-ring (bicyclic) bond motifs is 1. The van der Waals surface area contributed by atoms with Crippen molar-refractivity contribution in [3.05, 3.63) is 106 Å². The zero-order valence-electron chi connectivity index (χ0n) is 18.5. The first-order valence-electron chi connectivity index (χ1n) is 10.8. The highest BCUT2D eigenvalue weighted by molar-refractivity contribution is 6.36. The number of nitrogens with one attached hydrogen (secondary N) is 3. The summed E-state index contributed by atoms with van der Waals surface area (Å²) in [5.74, 6) is -0.506. The van der Waals surface area contributed by atoms with E-state index >= 15 is 0 Å². The summed E-state index contributed by atoms with van der Waals surface area (Å²) in [5.41, 5.74) is 5.70. The first kappa shape index (κ1) is 24.3. The molecule has 9 heteroatoms. The van der Waals surface area contributed by atoms with Gasteiger partial charge in [-0.3, -0.25) is 4.79 Å². The lowest BCUT2D eigenvalue weighted by molar-refractivity contribution is -0.123. The molecule has 1 unspecified atom stereocenters. The Balaban J connectivity index is 1.46. The lowest BCUT2D eigenvalue weighted by Crippen LogP contribution is -2.47. The molecule has 3 N–H and O–H groups in total. The molecule has 4 rings (SSSR count). The second kappa shape index (κ2) is 11.6. The van der Waals surface area contributed by atoms with Gasteiger partial charge in [0.2, 0.25) is 0 Å². The number of carbonyl (C=O) groups is 2. The van der Waals surface area contributed by atoms with Crippen LogP contribution in [0.5, 0.6) is 0 Å². The lowest BCUT2D eigenvalue weighted by atomic mass is 10.0. The Bertz CT molecular complexity index is 1360. The number of hydrogen-bond acceptors (Lipinski definition) is 4. The first-order valence-corrected chi connectivity index (χ1v) is 11.6. The molecule has 1 atom stereocenters. The smallest absolute Gasteiger partial charge is 0.408 e. The summed E-state index contributed by atoms with van der Waals surface area (Å²) in [6.07, 6.45) is 2.75. The van der Waals surface area contributed by atoms with Crippen molar-refractivity contribution in [3.63, 3.8) is 0 Å². The van der Waals surface area contributed by atoms with E-state index in [1.807, 2.05) is 60.8 Å². The van der Waals surface area contributed by atoms with Crippen LogP contribution in [0.3, 0.4) is 0 Å². The molecular weight excluding hydrogens is 487 g/mol. The van der Waals surface area contributed by atoms with Crippen molar-refractivity contribution in [2.24, 2.45) is 5.10 Å². The van der Waals surface area contributed by atoms with E-state index in [-0.39, 0.29) is 13.0 Å². The number of hydrogen-bond donors (Lipinski definition) is 3. The van der Waals surface area contributed by atoms with E-state index in [2.05, 4.69) is 20.8 Å². The maximum atomic E-state index is 13.0. The van der Waals surface area contributed by atoms with Gasteiger partial charge in [0.25, 0.3) is 5.91 Å². The number of para-hydroxylation sites is 1. The van der Waals surface area contributed by atoms with Gasteiger partial charge in [-0.15, -0.1) is 0 Å². The van der Waals surface area contributed by atoms with Gasteiger partial charge in [-0.2, -0.15) is 5.10 Å². The van der Waals surface area contributed by atoms with Gasteiger partial charge in [-0.25, -0.2) is 10.2 Å². The van der Waals surface area contributed by atoms with Crippen LogP contribution < -0.4 is 10.7 Å². The molecule has 178 valence electrons. The van der Waals surface area contributed by atoms with E-state index in [1.165, 1.54) is 6.21 Å². The number of H-pyrrole nitrogens is 1. The van der Waals surface area contributed by atoms with Gasteiger partial charge in [0.15, 0.2) is 0 Å². The Kier molecular flexibility index (Phi) is 8.03. The molecule has 0 aliphatic rings. The monoisotopic (exact) mass is 508 g/mol. The third-order valence-electron chi connectivity index (χ3n) is 5.26. The van der Waals surface area contributed by atoms with Gasteiger partial charge in [-0.1, -0.05) is 77.8 Å². The minimum absolute atomic E-state index is 0.0846. The summed E-state index contributed by atoms with van der Waals surface area (Å²) >= 11 is 12.1. The molecule has 0 saturated heterocycles. The number of amides is 2. The molecule has 7 nitrogen and oxygen atoms in total. The minimum atomic E-state index is -0.935. The van der Waals surface area contributed by atoms with Gasteiger partial charge < -0.3 is 15.0 Å². The van der Waals surface area contributed by atoms with Gasteiger partial charge in [0, 0.05) is 34.1 Å². The summed E-state index contributed by atoms with van der Waals surface area (Å²) in [6.45, 7) is 0.0846. The van der Waals surface area contributed by atoms with E-state index in [4.69, 9.17) is 27.9 Å². The lowest BCUT2D eigenvalue weighted by Gasteiger charge is -2.17. The van der Waals surface area contributed by atoms with Crippen molar-refractivity contribution >= 4 is 52.3 Å². The van der Waals surface area contributed by atoms with Crippen LogP contribution in [0, 0.1) is 0 Å². The second-order valence-corrected chi connectivity index (χ2v) is 8.57. The highest BCUT2D eigenvalue weighted by atomic mass is 35.5. The van der Waals surface area contributed by atoms with Crippen molar-refractivity contribution in [2.75, 3.05) is 0 Å². The first-order chi connectivity index (χ1) is 17.0. The van der Waals surface area contributed by atoms with Crippen LogP contribution in [-0.2, 0) is 22.6 Å². The van der Waals surface area contributed by atoms with Crippen LogP contribution in [0.25, 0.3) is 10.9 Å². The van der Waals surface area contributed by atoms with Crippen molar-refractivity contribution in [1.29, 1.82) is 0 Å². The quantitative estimate of drug-likeness (QED) is 0.217. The zero-order valence-corrected chi connectivity index (χ0v) is 20.0. The third kappa shape index (κ3) is 6.62. The average Bonchev–Trinajstić information content (AvgIpc) is 3.27. The number of benzene rings is 3. The molecule has 1 aromatic heterocycles. The van der Waals surface area contributed by atoms with E-state index in [1.54, 1.807) is 18.2 Å². The Morgan fingerprint density at radius 1 is 1.03 bits per heavy atom. The summed E-state index contributed by atoms with van der Waals surface area (Å²) < 4.78 is 5.31. The Labute approximate surface area is 212 Å². The molecule has 0 aliphatic carbocycles. The molecule has 4 aromatic rings. The fourth-order valence-corrected chi connectivity index (χ4v) is 3.94. The summed E-state index contributed by atoms with van der Waals surface area (Å²) in [4.78, 5) is 28.7. The third-order valence-corrected chi connectivity index (χ3v) is 5.82. The maximum Gasteiger partial charge on any atom is 0.408 e. The van der Waals surface area contributed by atoms with Crippen molar-refractivity contribution in [1.82, 2.24) is 15.7 Å². The molecule has 0 saturated carbocycles. The molecule has 3 aromatic carbocycles. The molecule has 0 bridgehead atoms. The van der Waals surface area contributed by atoms with Crippen molar-refractivity contribution in [3.8, 4) is 0 Å². The second-order valence-electron chi connectivity index (χ2n) is 7.72. The molecular formula is C26H22Cl2N4O3. The van der Waals surface area contributed by atoms with Crippen LogP contribution in [-0.4, -0.2) is 29.2 Å². The normalized spacial score (nSPS) is 11.9. The van der Waals surface area contributed by atoms with Crippen LogP contribution in [0.1, 0.15) is 16.7 Å². The number of hydrazone groups is 1. The SMILES string of the molecule is O=C(NC(Cc1c[nH]c2ccccc12)C(=O)NN=Cc1ccc(Cl)cc1Cl)OCc1ccccc1. The van der Waals surface area contributed by atoms with Gasteiger partial charge in [0.1, 0.15) is 12.6 Å². The van der Waals surface area contributed by atoms with E-state index in [9.17, 15) is 9.59 Å². The molecule has 0 radical (unpaired) electrons. The molecule has 0 aliphatic heterocycles. The maximum absolute atomic E-state index is 13.0. The number of carbonyl (C=O) groups excluding carboxylic acids is 2. The number of halogens is 2. The van der Waals surface area contributed by atoms with E-state index in [0.717, 1.165) is 22.0 Å². The fourth-order valence-electron chi connectivity index (χ4n) is 3.49. The standard InChI is InChI=1S/C26H22Cl2N4O3/c27-20-11-10-18(22(28)13-20)15-30-32-25(33)24(12-19-14-29-23-9-5-4-8-21(19)23)31-26(34)35-16-17-6-2-1-3-7-17/h1-11,13-15,24,29H,12,16H2,(H,31,34)(H,32,33). The van der Waals surface area contributed by atoms with Crippen LogP contribution in [0.4, 0.5) is 4.79 Å². The van der Waals surface area contributed by atoms with Crippen LogP contribution in [0.15, 0.2) is 84.1 Å². The predicted octanol–water partition coefficient (Wildman–Crippen LogP) is 5.46. The minimum Gasteiger partial charge on any atom is -0.445 e. The topological polar surface area (TPSA) is 95.6 Å². The Morgan fingerprint density at radius 3 is 2.60 bits per heavy atom. The summed E-state index contributed by atoms with van der Waals surface area (Å²) in [6, 6.07) is 21.0. The average molecular weight is 509 g/mol. The van der Waals surface area contributed by atoms with Crippen molar-refractivity contribution < 1.29 is 14.3 Å².